The van der Waals surface area contributed by atoms with Gasteiger partial charge in [0, 0.05) is 36.6 Å². The van der Waals surface area contributed by atoms with Gasteiger partial charge in [-0.15, -0.1) is 24.8 Å². The summed E-state index contributed by atoms with van der Waals surface area (Å²) < 4.78 is 34.5. The Morgan fingerprint density at radius 2 is 1.83 bits per heavy atom. The van der Waals surface area contributed by atoms with Crippen molar-refractivity contribution in [3.63, 3.8) is 0 Å². The Labute approximate surface area is 189 Å². The molecule has 9 heteroatoms. The maximum absolute atomic E-state index is 13.4. The largest absolute Gasteiger partial charge is 0.455 e. The van der Waals surface area contributed by atoms with Crippen LogP contribution in [0.3, 0.4) is 0 Å². The Balaban J connectivity index is 0.00000160. The number of aryl methyl sites for hydroxylation is 1. The van der Waals surface area contributed by atoms with Crippen LogP contribution in [0.2, 0.25) is 0 Å². The summed E-state index contributed by atoms with van der Waals surface area (Å²) in [6.07, 6.45) is 4.04. The van der Waals surface area contributed by atoms with E-state index in [1.165, 1.54) is 0 Å². The van der Waals surface area contributed by atoms with Crippen LogP contribution in [0.15, 0.2) is 59.8 Å². The number of benzene rings is 2. The first-order valence-corrected chi connectivity index (χ1v) is 10.8. The smallest absolute Gasteiger partial charge is 0.243 e. The molecule has 2 aromatic carbocycles. The van der Waals surface area contributed by atoms with Gasteiger partial charge in [-0.2, -0.15) is 4.31 Å². The lowest BCUT2D eigenvalue weighted by Crippen LogP contribution is -2.34. The van der Waals surface area contributed by atoms with Crippen molar-refractivity contribution in [1.82, 2.24) is 14.6 Å². The van der Waals surface area contributed by atoms with Crippen molar-refractivity contribution in [2.75, 3.05) is 26.2 Å². The summed E-state index contributed by atoms with van der Waals surface area (Å²) in [5.41, 5.74) is 1.07. The molecule has 0 amide bonds. The van der Waals surface area contributed by atoms with Crippen LogP contribution in [-0.4, -0.2) is 43.9 Å². The second-order valence-corrected chi connectivity index (χ2v) is 8.82. The minimum atomic E-state index is -3.65. The number of sulfonamides is 1. The van der Waals surface area contributed by atoms with E-state index in [2.05, 4.69) is 10.3 Å². The van der Waals surface area contributed by atoms with Crippen molar-refractivity contribution in [3.8, 4) is 11.5 Å². The van der Waals surface area contributed by atoms with E-state index in [4.69, 9.17) is 4.74 Å². The van der Waals surface area contributed by atoms with E-state index in [0.717, 1.165) is 23.9 Å². The fourth-order valence-corrected chi connectivity index (χ4v) is 5.17. The molecule has 1 aliphatic heterocycles. The maximum Gasteiger partial charge on any atom is 0.243 e. The molecular formula is C21H25Cl2N3O3S. The topological polar surface area (TPSA) is 71.5 Å². The van der Waals surface area contributed by atoms with Crippen LogP contribution < -0.4 is 10.1 Å². The SMILES string of the molecule is Cc1cccc(Oc2cncc3cccc(S(=O)(=O)N4CCCNCC4)c23)c1.Cl.Cl. The van der Waals surface area contributed by atoms with Gasteiger partial charge in [0.2, 0.25) is 10.0 Å². The first kappa shape index (κ1) is 24.4. The second kappa shape index (κ2) is 10.4. The third-order valence-electron chi connectivity index (χ3n) is 4.84. The molecule has 4 rings (SSSR count). The molecule has 1 N–H and O–H groups in total. The predicted octanol–water partition coefficient (Wildman–Crippen LogP) is 4.16. The minimum Gasteiger partial charge on any atom is -0.455 e. The van der Waals surface area contributed by atoms with Gasteiger partial charge in [-0.3, -0.25) is 4.98 Å². The summed E-state index contributed by atoms with van der Waals surface area (Å²) in [7, 11) is -3.65. The summed E-state index contributed by atoms with van der Waals surface area (Å²) in [6, 6.07) is 12.9. The Bertz CT molecular complexity index is 1100. The summed E-state index contributed by atoms with van der Waals surface area (Å²) in [4.78, 5) is 4.50. The molecule has 1 saturated heterocycles. The first-order valence-electron chi connectivity index (χ1n) is 9.38. The van der Waals surface area contributed by atoms with Gasteiger partial charge in [0.15, 0.2) is 5.75 Å². The molecule has 0 atom stereocenters. The van der Waals surface area contributed by atoms with Gasteiger partial charge in [0.1, 0.15) is 5.75 Å². The van der Waals surface area contributed by atoms with E-state index in [1.807, 2.05) is 37.3 Å². The standard InChI is InChI=1S/C21H23N3O3S.2ClH/c1-16-5-2-7-18(13-16)27-19-15-23-14-17-6-3-8-20(21(17)19)28(25,26)24-11-4-9-22-10-12-24;;/h2-3,5-8,13-15,22H,4,9-12H2,1H3;2*1H. The lowest BCUT2D eigenvalue weighted by atomic mass is 10.1. The minimum absolute atomic E-state index is 0. The number of rotatable bonds is 4. The predicted molar refractivity (Wildman–Crippen MR) is 124 cm³/mol. The van der Waals surface area contributed by atoms with Crippen LogP contribution in [-0.2, 0) is 10.0 Å². The fraction of sp³-hybridized carbons (Fsp3) is 0.286. The second-order valence-electron chi connectivity index (χ2n) is 6.92. The molecular weight excluding hydrogens is 445 g/mol. The molecule has 0 bridgehead atoms. The maximum atomic E-state index is 13.4. The number of pyridine rings is 1. The molecule has 162 valence electrons. The zero-order chi connectivity index (χ0) is 19.6. The highest BCUT2D eigenvalue weighted by Gasteiger charge is 2.28. The summed E-state index contributed by atoms with van der Waals surface area (Å²) in [5.74, 6) is 1.09. The van der Waals surface area contributed by atoms with Crippen molar-refractivity contribution in [3.05, 3.63) is 60.4 Å². The van der Waals surface area contributed by atoms with E-state index >= 15 is 0 Å². The molecule has 30 heavy (non-hydrogen) atoms. The third kappa shape index (κ3) is 5.04. The molecule has 1 fully saturated rings. The van der Waals surface area contributed by atoms with Gasteiger partial charge in [0.25, 0.3) is 0 Å². The average molecular weight is 470 g/mol. The lowest BCUT2D eigenvalue weighted by molar-refractivity contribution is 0.432. The van der Waals surface area contributed by atoms with Gasteiger partial charge in [-0.1, -0.05) is 24.3 Å². The molecule has 3 aromatic rings. The van der Waals surface area contributed by atoms with Crippen LogP contribution in [0.4, 0.5) is 0 Å². The number of hydrogen-bond donors (Lipinski definition) is 1. The van der Waals surface area contributed by atoms with Gasteiger partial charge in [0.05, 0.1) is 11.1 Å². The number of aromatic nitrogens is 1. The average Bonchev–Trinajstić information content (AvgIpc) is 2.98. The van der Waals surface area contributed by atoms with Crippen LogP contribution in [0.25, 0.3) is 10.8 Å². The quantitative estimate of drug-likeness (QED) is 0.620. The first-order chi connectivity index (χ1) is 13.6. The summed E-state index contributed by atoms with van der Waals surface area (Å²) in [6.45, 7) is 4.42. The van der Waals surface area contributed by atoms with Crippen LogP contribution in [0.5, 0.6) is 11.5 Å². The van der Waals surface area contributed by atoms with Gasteiger partial charge in [-0.25, -0.2) is 8.42 Å². The molecule has 1 aliphatic rings. The molecule has 1 aromatic heterocycles. The van der Waals surface area contributed by atoms with E-state index in [0.29, 0.717) is 36.5 Å². The molecule has 0 aliphatic carbocycles. The van der Waals surface area contributed by atoms with Gasteiger partial charge in [-0.05, 0) is 43.7 Å². The fourth-order valence-electron chi connectivity index (χ4n) is 3.47. The summed E-state index contributed by atoms with van der Waals surface area (Å²) in [5, 5.41) is 4.55. The monoisotopic (exact) mass is 469 g/mol. The van der Waals surface area contributed by atoms with Crippen LogP contribution >= 0.6 is 24.8 Å². The lowest BCUT2D eigenvalue weighted by Gasteiger charge is -2.21. The van der Waals surface area contributed by atoms with Crippen molar-refractivity contribution in [1.29, 1.82) is 0 Å². The molecule has 0 spiro atoms. The Morgan fingerprint density at radius 3 is 2.63 bits per heavy atom. The zero-order valence-electron chi connectivity index (χ0n) is 16.6. The van der Waals surface area contributed by atoms with E-state index in [9.17, 15) is 8.42 Å². The van der Waals surface area contributed by atoms with E-state index in [1.54, 1.807) is 28.8 Å². The van der Waals surface area contributed by atoms with Crippen molar-refractivity contribution < 1.29 is 13.2 Å². The highest BCUT2D eigenvalue weighted by Crippen LogP contribution is 2.35. The van der Waals surface area contributed by atoms with Crippen LogP contribution in [0.1, 0.15) is 12.0 Å². The Kier molecular flexibility index (Phi) is 8.46. The van der Waals surface area contributed by atoms with Crippen molar-refractivity contribution in [2.24, 2.45) is 0 Å². The van der Waals surface area contributed by atoms with E-state index < -0.39 is 10.0 Å². The number of nitrogens with one attached hydrogen (secondary N) is 1. The highest BCUT2D eigenvalue weighted by molar-refractivity contribution is 7.89. The third-order valence-corrected chi connectivity index (χ3v) is 6.79. The number of fused-ring (bicyclic) bond motifs is 1. The number of hydrogen-bond acceptors (Lipinski definition) is 5. The van der Waals surface area contributed by atoms with Crippen LogP contribution in [0, 0.1) is 6.92 Å². The number of halogens is 2. The van der Waals surface area contributed by atoms with E-state index in [-0.39, 0.29) is 29.7 Å². The molecule has 2 heterocycles. The number of nitrogens with zero attached hydrogens (tertiary/aromatic N) is 2. The van der Waals surface area contributed by atoms with Gasteiger partial charge >= 0.3 is 0 Å². The van der Waals surface area contributed by atoms with Crippen molar-refractivity contribution >= 4 is 45.6 Å². The van der Waals surface area contributed by atoms with Gasteiger partial charge < -0.3 is 10.1 Å². The normalized spacial score (nSPS) is 15.0. The Morgan fingerprint density at radius 1 is 1.03 bits per heavy atom. The Hall–Kier alpha value is -1.90. The molecule has 6 nitrogen and oxygen atoms in total. The van der Waals surface area contributed by atoms with Crippen molar-refractivity contribution in [2.45, 2.75) is 18.2 Å². The molecule has 0 unspecified atom stereocenters. The molecule has 0 radical (unpaired) electrons. The zero-order valence-corrected chi connectivity index (χ0v) is 19.0. The number of ether oxygens (including phenoxy) is 1. The summed E-state index contributed by atoms with van der Waals surface area (Å²) >= 11 is 0. The molecule has 0 saturated carbocycles. The highest BCUT2D eigenvalue weighted by atomic mass is 35.5.